The van der Waals surface area contributed by atoms with Crippen molar-refractivity contribution in [2.75, 3.05) is 5.32 Å². The number of aryl methyl sites for hydroxylation is 2. The summed E-state index contributed by atoms with van der Waals surface area (Å²) in [6, 6.07) is 2.10. The van der Waals surface area contributed by atoms with Gasteiger partial charge < -0.3 is 5.32 Å². The largest absolute Gasteiger partial charge is 0.379 e. The minimum absolute atomic E-state index is 0.821. The van der Waals surface area contributed by atoms with E-state index in [9.17, 15) is 0 Å². The number of thiazole rings is 1. The van der Waals surface area contributed by atoms with Gasteiger partial charge in [0.1, 0.15) is 0 Å². The molecule has 0 aliphatic rings. The van der Waals surface area contributed by atoms with Crippen LogP contribution in [0.5, 0.6) is 0 Å². The predicted molar refractivity (Wildman–Crippen MR) is 74.2 cm³/mol. The van der Waals surface area contributed by atoms with Crippen molar-refractivity contribution in [1.82, 2.24) is 9.38 Å². The van der Waals surface area contributed by atoms with Gasteiger partial charge in [-0.3, -0.25) is 4.40 Å². The molecule has 5 heteroatoms. The van der Waals surface area contributed by atoms with Gasteiger partial charge in [0.25, 0.3) is 0 Å². The number of hydrogen-bond acceptors (Lipinski definition) is 4. The van der Waals surface area contributed by atoms with Gasteiger partial charge in [-0.15, -0.1) is 11.3 Å². The van der Waals surface area contributed by atoms with Crippen LogP contribution in [0, 0.1) is 13.8 Å². The van der Waals surface area contributed by atoms with Crippen LogP contribution in [0.4, 0.5) is 5.69 Å². The SMILES string of the molecule is Cc1nc2scc(C)n2c1CNc1ccsc1. The number of thiophene rings is 1. The highest BCUT2D eigenvalue weighted by molar-refractivity contribution is 7.15. The number of rotatable bonds is 3. The van der Waals surface area contributed by atoms with E-state index < -0.39 is 0 Å². The Hall–Kier alpha value is -1.33. The topological polar surface area (TPSA) is 29.3 Å². The van der Waals surface area contributed by atoms with Gasteiger partial charge in [0.15, 0.2) is 4.96 Å². The maximum atomic E-state index is 4.58. The molecule has 0 aliphatic carbocycles. The van der Waals surface area contributed by atoms with Crippen LogP contribution in [0.3, 0.4) is 0 Å². The Balaban J connectivity index is 1.93. The van der Waals surface area contributed by atoms with Crippen molar-refractivity contribution >= 4 is 33.3 Å². The summed E-state index contributed by atoms with van der Waals surface area (Å²) in [4.78, 5) is 5.66. The molecule has 3 aromatic heterocycles. The Labute approximate surface area is 108 Å². The van der Waals surface area contributed by atoms with E-state index in [-0.39, 0.29) is 0 Å². The highest BCUT2D eigenvalue weighted by Crippen LogP contribution is 2.21. The van der Waals surface area contributed by atoms with Gasteiger partial charge in [0.2, 0.25) is 0 Å². The molecule has 3 aromatic rings. The van der Waals surface area contributed by atoms with Gasteiger partial charge in [0, 0.05) is 22.1 Å². The molecule has 1 N–H and O–H groups in total. The monoisotopic (exact) mass is 263 g/mol. The first-order valence-electron chi connectivity index (χ1n) is 5.44. The van der Waals surface area contributed by atoms with E-state index in [1.54, 1.807) is 22.7 Å². The summed E-state index contributed by atoms with van der Waals surface area (Å²) < 4.78 is 2.24. The van der Waals surface area contributed by atoms with E-state index in [1.165, 1.54) is 17.1 Å². The molecule has 0 atom stereocenters. The number of anilines is 1. The van der Waals surface area contributed by atoms with Crippen molar-refractivity contribution in [3.8, 4) is 0 Å². The summed E-state index contributed by atoms with van der Waals surface area (Å²) in [5.74, 6) is 0. The van der Waals surface area contributed by atoms with Gasteiger partial charge in [-0.25, -0.2) is 4.98 Å². The van der Waals surface area contributed by atoms with Crippen molar-refractivity contribution in [3.63, 3.8) is 0 Å². The number of imidazole rings is 1. The fraction of sp³-hybridized carbons (Fsp3) is 0.250. The van der Waals surface area contributed by atoms with Crippen molar-refractivity contribution < 1.29 is 0 Å². The molecular weight excluding hydrogens is 250 g/mol. The van der Waals surface area contributed by atoms with Crippen LogP contribution in [0.25, 0.3) is 4.96 Å². The van der Waals surface area contributed by atoms with E-state index in [0.29, 0.717) is 0 Å². The predicted octanol–water partition coefficient (Wildman–Crippen LogP) is 3.69. The molecule has 0 fully saturated rings. The van der Waals surface area contributed by atoms with Gasteiger partial charge in [-0.1, -0.05) is 0 Å². The lowest BCUT2D eigenvalue weighted by molar-refractivity contribution is 0.967. The summed E-state index contributed by atoms with van der Waals surface area (Å²) in [6.45, 7) is 5.02. The van der Waals surface area contributed by atoms with Crippen LogP contribution in [-0.4, -0.2) is 9.38 Å². The Kier molecular flexibility index (Phi) is 2.64. The third kappa shape index (κ3) is 1.85. The fourth-order valence-electron chi connectivity index (χ4n) is 1.93. The number of nitrogens with zero attached hydrogens (tertiary/aromatic N) is 2. The van der Waals surface area contributed by atoms with Crippen LogP contribution >= 0.6 is 22.7 Å². The summed E-state index contributed by atoms with van der Waals surface area (Å²) in [6.07, 6.45) is 0. The first-order valence-corrected chi connectivity index (χ1v) is 7.26. The van der Waals surface area contributed by atoms with Crippen LogP contribution in [0.2, 0.25) is 0 Å². The van der Waals surface area contributed by atoms with Crippen LogP contribution in [0.1, 0.15) is 17.1 Å². The second-order valence-electron chi connectivity index (χ2n) is 4.00. The average Bonchev–Trinajstić information content (AvgIpc) is 2.97. The fourth-order valence-corrected chi connectivity index (χ4v) is 3.47. The molecule has 0 saturated carbocycles. The zero-order valence-electron chi connectivity index (χ0n) is 9.73. The second kappa shape index (κ2) is 4.16. The molecule has 3 heterocycles. The summed E-state index contributed by atoms with van der Waals surface area (Å²) in [5.41, 5.74) is 4.80. The Morgan fingerprint density at radius 2 is 2.24 bits per heavy atom. The first-order chi connectivity index (χ1) is 8.25. The lowest BCUT2D eigenvalue weighted by Crippen LogP contribution is -2.03. The Morgan fingerprint density at radius 1 is 1.35 bits per heavy atom. The van der Waals surface area contributed by atoms with E-state index in [2.05, 4.69) is 50.8 Å². The zero-order chi connectivity index (χ0) is 11.8. The lowest BCUT2D eigenvalue weighted by atomic mass is 10.3. The van der Waals surface area contributed by atoms with Crippen LogP contribution in [0.15, 0.2) is 22.2 Å². The number of nitrogens with one attached hydrogen (secondary N) is 1. The molecule has 17 heavy (non-hydrogen) atoms. The third-order valence-electron chi connectivity index (χ3n) is 2.81. The van der Waals surface area contributed by atoms with Gasteiger partial charge in [-0.2, -0.15) is 11.3 Å². The molecule has 0 bridgehead atoms. The van der Waals surface area contributed by atoms with Gasteiger partial charge >= 0.3 is 0 Å². The molecule has 0 aliphatic heterocycles. The van der Waals surface area contributed by atoms with E-state index in [1.807, 2.05) is 0 Å². The lowest BCUT2D eigenvalue weighted by Gasteiger charge is -2.05. The maximum Gasteiger partial charge on any atom is 0.194 e. The zero-order valence-corrected chi connectivity index (χ0v) is 11.4. The number of fused-ring (bicyclic) bond motifs is 1. The molecule has 3 nitrogen and oxygen atoms in total. The molecule has 0 amide bonds. The van der Waals surface area contributed by atoms with E-state index >= 15 is 0 Å². The quantitative estimate of drug-likeness (QED) is 0.781. The summed E-state index contributed by atoms with van der Waals surface area (Å²) in [7, 11) is 0. The number of hydrogen-bond donors (Lipinski definition) is 1. The molecule has 0 saturated heterocycles. The average molecular weight is 263 g/mol. The van der Waals surface area contributed by atoms with E-state index in [0.717, 1.165) is 17.2 Å². The van der Waals surface area contributed by atoms with E-state index in [4.69, 9.17) is 0 Å². The molecular formula is C12H13N3S2. The minimum atomic E-state index is 0.821. The van der Waals surface area contributed by atoms with Gasteiger partial charge in [-0.05, 0) is 25.3 Å². The normalized spacial score (nSPS) is 11.2. The molecule has 3 rings (SSSR count). The smallest absolute Gasteiger partial charge is 0.194 e. The second-order valence-corrected chi connectivity index (χ2v) is 5.62. The molecule has 0 aromatic carbocycles. The Morgan fingerprint density at radius 3 is 3.00 bits per heavy atom. The molecule has 88 valence electrons. The Bertz CT molecular complexity index is 634. The standard InChI is InChI=1S/C12H13N3S2/c1-8-6-17-12-14-9(2)11(15(8)12)5-13-10-3-4-16-7-10/h3-4,6-7,13H,5H2,1-2H3. The van der Waals surface area contributed by atoms with Gasteiger partial charge in [0.05, 0.1) is 17.9 Å². The molecule has 0 unspecified atom stereocenters. The third-order valence-corrected chi connectivity index (χ3v) is 4.44. The van der Waals surface area contributed by atoms with Crippen molar-refractivity contribution in [3.05, 3.63) is 39.3 Å². The maximum absolute atomic E-state index is 4.58. The van der Waals surface area contributed by atoms with Crippen LogP contribution in [-0.2, 0) is 6.54 Å². The highest BCUT2D eigenvalue weighted by atomic mass is 32.1. The van der Waals surface area contributed by atoms with Crippen LogP contribution < -0.4 is 5.32 Å². The van der Waals surface area contributed by atoms with Crippen molar-refractivity contribution in [2.24, 2.45) is 0 Å². The molecule has 0 radical (unpaired) electrons. The van der Waals surface area contributed by atoms with Crippen molar-refractivity contribution in [2.45, 2.75) is 20.4 Å². The summed E-state index contributed by atoms with van der Waals surface area (Å²) >= 11 is 3.40. The summed E-state index contributed by atoms with van der Waals surface area (Å²) in [5, 5.41) is 9.78. The highest BCUT2D eigenvalue weighted by Gasteiger charge is 2.11. The number of aromatic nitrogens is 2. The minimum Gasteiger partial charge on any atom is -0.379 e. The van der Waals surface area contributed by atoms with Crippen molar-refractivity contribution in [1.29, 1.82) is 0 Å². The first kappa shape index (κ1) is 10.8. The molecule has 0 spiro atoms.